The molecule has 2 aromatic rings. The molecule has 22 heavy (non-hydrogen) atoms. The molecule has 1 atom stereocenters. The molecule has 3 rings (SSSR count). The third kappa shape index (κ3) is 2.54. The molecule has 0 unspecified atom stereocenters. The van der Waals surface area contributed by atoms with Gasteiger partial charge in [-0.1, -0.05) is 42.5 Å². The summed E-state index contributed by atoms with van der Waals surface area (Å²) in [7, 11) is 0. The third-order valence-corrected chi connectivity index (χ3v) is 4.11. The van der Waals surface area contributed by atoms with E-state index in [4.69, 9.17) is 4.74 Å². The van der Waals surface area contributed by atoms with Crippen molar-refractivity contribution >= 4 is 11.7 Å². The highest BCUT2D eigenvalue weighted by atomic mass is 19.1. The first-order chi connectivity index (χ1) is 10.5. The van der Waals surface area contributed by atoms with Crippen molar-refractivity contribution in [3.8, 4) is 0 Å². The van der Waals surface area contributed by atoms with E-state index in [1.165, 1.54) is 12.1 Å². The second kappa shape index (κ2) is 5.41. The smallest absolute Gasteiger partial charge is 0.317 e. The van der Waals surface area contributed by atoms with E-state index >= 15 is 0 Å². The van der Waals surface area contributed by atoms with Crippen molar-refractivity contribution in [1.82, 2.24) is 0 Å². The Bertz CT molecular complexity index is 715. The average Bonchev–Trinajstić information content (AvgIpc) is 2.52. The Morgan fingerprint density at radius 2 is 1.64 bits per heavy atom. The summed E-state index contributed by atoms with van der Waals surface area (Å²) in [6.07, 6.45) is 1.95. The van der Waals surface area contributed by atoms with Crippen molar-refractivity contribution < 1.29 is 13.9 Å². The van der Waals surface area contributed by atoms with Crippen molar-refractivity contribution in [3.05, 3.63) is 77.6 Å². The summed E-state index contributed by atoms with van der Waals surface area (Å²) >= 11 is 0. The molecule has 0 aromatic heterocycles. The van der Waals surface area contributed by atoms with E-state index < -0.39 is 5.41 Å². The Labute approximate surface area is 129 Å². The Morgan fingerprint density at radius 1 is 1.00 bits per heavy atom. The molecule has 2 aromatic carbocycles. The van der Waals surface area contributed by atoms with Crippen LogP contribution in [0, 0.1) is 11.2 Å². The van der Waals surface area contributed by atoms with Gasteiger partial charge in [0, 0.05) is 11.5 Å². The van der Waals surface area contributed by atoms with E-state index in [0.717, 1.165) is 11.1 Å². The van der Waals surface area contributed by atoms with Gasteiger partial charge in [-0.2, -0.15) is 0 Å². The highest BCUT2D eigenvalue weighted by Gasteiger charge is 2.42. The van der Waals surface area contributed by atoms with Crippen LogP contribution in [0.25, 0.3) is 5.76 Å². The molecule has 3 heteroatoms. The van der Waals surface area contributed by atoms with E-state index in [1.54, 1.807) is 12.1 Å². The van der Waals surface area contributed by atoms with Gasteiger partial charge in [0.15, 0.2) is 0 Å². The maximum Gasteiger partial charge on any atom is 0.317 e. The maximum atomic E-state index is 13.2. The predicted octanol–water partition coefficient (Wildman–Crippen LogP) is 4.53. The first-order valence-electron chi connectivity index (χ1n) is 7.23. The lowest BCUT2D eigenvalue weighted by Gasteiger charge is -2.35. The van der Waals surface area contributed by atoms with Gasteiger partial charge in [0.25, 0.3) is 0 Å². The monoisotopic (exact) mass is 296 g/mol. The Hall–Kier alpha value is -2.42. The summed E-state index contributed by atoms with van der Waals surface area (Å²) in [6, 6.07) is 15.8. The van der Waals surface area contributed by atoms with E-state index in [1.807, 2.05) is 50.3 Å². The topological polar surface area (TPSA) is 26.3 Å². The number of halogens is 1. The van der Waals surface area contributed by atoms with Crippen LogP contribution in [0.15, 0.2) is 60.7 Å². The lowest BCUT2D eigenvalue weighted by atomic mass is 9.73. The van der Waals surface area contributed by atoms with Gasteiger partial charge < -0.3 is 4.74 Å². The van der Waals surface area contributed by atoms with Crippen molar-refractivity contribution in [1.29, 1.82) is 0 Å². The summed E-state index contributed by atoms with van der Waals surface area (Å²) in [5, 5.41) is 0. The molecule has 0 fully saturated rings. The molecule has 0 spiro atoms. The molecule has 0 saturated carbocycles. The summed E-state index contributed by atoms with van der Waals surface area (Å²) in [5.74, 6) is -0.167. The van der Waals surface area contributed by atoms with Gasteiger partial charge in [-0.25, -0.2) is 4.39 Å². The molecule has 1 aliphatic heterocycles. The largest absolute Gasteiger partial charge is 0.426 e. The zero-order chi connectivity index (χ0) is 15.7. The molecule has 0 radical (unpaired) electrons. The van der Waals surface area contributed by atoms with E-state index in [2.05, 4.69) is 0 Å². The van der Waals surface area contributed by atoms with Gasteiger partial charge in [0.1, 0.15) is 11.6 Å². The lowest BCUT2D eigenvalue weighted by Crippen LogP contribution is -2.35. The third-order valence-electron chi connectivity index (χ3n) is 4.11. The van der Waals surface area contributed by atoms with Gasteiger partial charge >= 0.3 is 5.97 Å². The fourth-order valence-electron chi connectivity index (χ4n) is 2.69. The van der Waals surface area contributed by atoms with Crippen LogP contribution in [0.3, 0.4) is 0 Å². The SMILES string of the molecule is CC1(C)C(=O)OC(c2ccccc2)=C[C@@H]1c1ccc(F)cc1. The summed E-state index contributed by atoms with van der Waals surface area (Å²) in [4.78, 5) is 12.4. The molecule has 112 valence electrons. The number of carbonyl (C=O) groups excluding carboxylic acids is 1. The van der Waals surface area contributed by atoms with Crippen LogP contribution in [-0.2, 0) is 9.53 Å². The minimum absolute atomic E-state index is 0.162. The van der Waals surface area contributed by atoms with Crippen molar-refractivity contribution in [3.63, 3.8) is 0 Å². The highest BCUT2D eigenvalue weighted by molar-refractivity contribution is 5.87. The molecular weight excluding hydrogens is 279 g/mol. The van der Waals surface area contributed by atoms with Gasteiger partial charge in [0.05, 0.1) is 5.41 Å². The first-order valence-corrected chi connectivity index (χ1v) is 7.23. The maximum absolute atomic E-state index is 13.2. The standard InChI is InChI=1S/C19H17FO2/c1-19(2)16(13-8-10-15(20)11-9-13)12-17(22-18(19)21)14-6-4-3-5-7-14/h3-12,16H,1-2H3/t16-/m1/s1. The Kier molecular flexibility index (Phi) is 3.57. The average molecular weight is 296 g/mol. The molecule has 0 saturated heterocycles. The Morgan fingerprint density at radius 3 is 2.27 bits per heavy atom. The van der Waals surface area contributed by atoms with Crippen molar-refractivity contribution in [2.75, 3.05) is 0 Å². The number of esters is 1. The van der Waals surface area contributed by atoms with Gasteiger partial charge in [0.2, 0.25) is 0 Å². The number of benzene rings is 2. The van der Waals surface area contributed by atoms with Crippen LogP contribution < -0.4 is 0 Å². The molecule has 1 heterocycles. The van der Waals surface area contributed by atoms with Gasteiger partial charge in [-0.15, -0.1) is 0 Å². The normalized spacial score (nSPS) is 20.2. The van der Waals surface area contributed by atoms with Crippen molar-refractivity contribution in [2.45, 2.75) is 19.8 Å². The zero-order valence-corrected chi connectivity index (χ0v) is 12.5. The quantitative estimate of drug-likeness (QED) is 0.761. The van der Waals surface area contributed by atoms with Crippen molar-refractivity contribution in [2.24, 2.45) is 5.41 Å². The minimum atomic E-state index is -0.698. The number of rotatable bonds is 2. The molecular formula is C19H17FO2. The molecule has 1 aliphatic rings. The second-order valence-corrected chi connectivity index (χ2v) is 6.04. The van der Waals surface area contributed by atoms with Crippen LogP contribution in [0.4, 0.5) is 4.39 Å². The fourth-order valence-corrected chi connectivity index (χ4v) is 2.69. The molecule has 0 N–H and O–H groups in total. The number of ether oxygens (including phenoxy) is 1. The minimum Gasteiger partial charge on any atom is -0.426 e. The molecule has 0 bridgehead atoms. The zero-order valence-electron chi connectivity index (χ0n) is 12.5. The van der Waals surface area contributed by atoms with Gasteiger partial charge in [-0.3, -0.25) is 4.79 Å². The van der Waals surface area contributed by atoms with Crippen LogP contribution >= 0.6 is 0 Å². The molecule has 0 aliphatic carbocycles. The fraction of sp³-hybridized carbons (Fsp3) is 0.211. The van der Waals surface area contributed by atoms with Crippen LogP contribution in [0.2, 0.25) is 0 Å². The summed E-state index contributed by atoms with van der Waals surface area (Å²) in [5.41, 5.74) is 1.06. The highest BCUT2D eigenvalue weighted by Crippen LogP contribution is 2.44. The lowest BCUT2D eigenvalue weighted by molar-refractivity contribution is -0.148. The van der Waals surface area contributed by atoms with E-state index in [-0.39, 0.29) is 17.7 Å². The number of allylic oxidation sites excluding steroid dienone is 1. The number of carbonyl (C=O) groups is 1. The van der Waals surface area contributed by atoms with E-state index in [9.17, 15) is 9.18 Å². The predicted molar refractivity (Wildman–Crippen MR) is 83.4 cm³/mol. The number of hydrogen-bond donors (Lipinski definition) is 0. The number of hydrogen-bond acceptors (Lipinski definition) is 2. The van der Waals surface area contributed by atoms with Crippen LogP contribution in [-0.4, -0.2) is 5.97 Å². The summed E-state index contributed by atoms with van der Waals surface area (Å²) in [6.45, 7) is 3.70. The molecule has 2 nitrogen and oxygen atoms in total. The van der Waals surface area contributed by atoms with Gasteiger partial charge in [-0.05, 0) is 37.6 Å². The first kappa shape index (κ1) is 14.5. The van der Waals surface area contributed by atoms with Crippen LogP contribution in [0.1, 0.15) is 30.9 Å². The summed E-state index contributed by atoms with van der Waals surface area (Å²) < 4.78 is 18.7. The van der Waals surface area contributed by atoms with Crippen LogP contribution in [0.5, 0.6) is 0 Å². The molecule has 0 amide bonds. The van der Waals surface area contributed by atoms with E-state index in [0.29, 0.717) is 5.76 Å². The number of cyclic esters (lactones) is 1. The Balaban J connectivity index is 2.08. The second-order valence-electron chi connectivity index (χ2n) is 6.04.